The second-order valence-electron chi connectivity index (χ2n) is 5.23. The molecule has 0 spiro atoms. The maximum atomic E-state index is 12.0. The van der Waals surface area contributed by atoms with E-state index in [9.17, 15) is 4.79 Å². The molecule has 116 valence electrons. The number of pyridine rings is 1. The van der Waals surface area contributed by atoms with Crippen LogP contribution in [0.15, 0.2) is 12.1 Å². The molecule has 1 fully saturated rings. The molecule has 1 aliphatic rings. The van der Waals surface area contributed by atoms with Crippen LogP contribution in [-0.2, 0) is 0 Å². The Morgan fingerprint density at radius 1 is 1.29 bits per heavy atom. The van der Waals surface area contributed by atoms with E-state index in [1.54, 1.807) is 12.1 Å². The summed E-state index contributed by atoms with van der Waals surface area (Å²) in [4.78, 5) is 20.6. The molecule has 1 aromatic rings. The van der Waals surface area contributed by atoms with Gasteiger partial charge in [-0.3, -0.25) is 4.79 Å². The molecule has 0 saturated carbocycles. The zero-order chi connectivity index (χ0) is 15.2. The van der Waals surface area contributed by atoms with Crippen molar-refractivity contribution in [1.82, 2.24) is 20.1 Å². The lowest BCUT2D eigenvalue weighted by atomic mass is 10.2. The van der Waals surface area contributed by atoms with Gasteiger partial charge in [0.2, 0.25) is 0 Å². The third-order valence-electron chi connectivity index (χ3n) is 3.59. The Balaban J connectivity index is 1.69. The minimum absolute atomic E-state index is 0.138. The first kappa shape index (κ1) is 16.5. The van der Waals surface area contributed by atoms with E-state index in [2.05, 4.69) is 27.1 Å². The predicted molar refractivity (Wildman–Crippen MR) is 85.1 cm³/mol. The first-order chi connectivity index (χ1) is 10.1. The van der Waals surface area contributed by atoms with Crippen LogP contribution < -0.4 is 5.32 Å². The Morgan fingerprint density at radius 3 is 2.67 bits per heavy atom. The lowest BCUT2D eigenvalue weighted by Gasteiger charge is -2.32. The number of rotatable bonds is 5. The molecule has 1 saturated heterocycles. The van der Waals surface area contributed by atoms with E-state index in [-0.39, 0.29) is 16.2 Å². The molecule has 7 heteroatoms. The van der Waals surface area contributed by atoms with Gasteiger partial charge in [-0.05, 0) is 32.1 Å². The highest BCUT2D eigenvalue weighted by molar-refractivity contribution is 6.34. The fourth-order valence-electron chi connectivity index (χ4n) is 2.25. The van der Waals surface area contributed by atoms with Crippen molar-refractivity contribution in [3.63, 3.8) is 0 Å². The van der Waals surface area contributed by atoms with Gasteiger partial charge in [-0.25, -0.2) is 4.98 Å². The minimum atomic E-state index is -0.206. The number of likely N-dealkylation sites (N-methyl/N-ethyl adjacent to an activating group) is 1. The van der Waals surface area contributed by atoms with Crippen molar-refractivity contribution < 1.29 is 4.79 Å². The van der Waals surface area contributed by atoms with Crippen molar-refractivity contribution in [2.45, 2.75) is 6.42 Å². The summed E-state index contributed by atoms with van der Waals surface area (Å²) in [6.45, 7) is 6.04. The molecule has 1 amide bonds. The lowest BCUT2D eigenvalue weighted by molar-refractivity contribution is 0.0949. The first-order valence-electron chi connectivity index (χ1n) is 7.07. The van der Waals surface area contributed by atoms with Crippen molar-refractivity contribution in [2.24, 2.45) is 0 Å². The van der Waals surface area contributed by atoms with Gasteiger partial charge < -0.3 is 15.1 Å². The van der Waals surface area contributed by atoms with E-state index in [1.807, 2.05) is 0 Å². The number of hydrogen-bond donors (Lipinski definition) is 1. The number of nitrogens with one attached hydrogen (secondary N) is 1. The summed E-state index contributed by atoms with van der Waals surface area (Å²) in [6, 6.07) is 3.15. The van der Waals surface area contributed by atoms with Crippen molar-refractivity contribution in [1.29, 1.82) is 0 Å². The second-order valence-corrected chi connectivity index (χ2v) is 5.97. The molecule has 2 rings (SSSR count). The Hall–Kier alpha value is -0.880. The topological polar surface area (TPSA) is 48.5 Å². The number of amides is 1. The summed E-state index contributed by atoms with van der Waals surface area (Å²) < 4.78 is 0. The summed E-state index contributed by atoms with van der Waals surface area (Å²) in [5.74, 6) is -0.206. The highest BCUT2D eigenvalue weighted by atomic mass is 35.5. The molecule has 1 N–H and O–H groups in total. The molecule has 2 heterocycles. The molecular formula is C14H20Cl2N4O. The van der Waals surface area contributed by atoms with Gasteiger partial charge in [0, 0.05) is 32.7 Å². The van der Waals surface area contributed by atoms with Gasteiger partial charge in [-0.15, -0.1) is 0 Å². The maximum Gasteiger partial charge on any atom is 0.254 e. The molecule has 0 unspecified atom stereocenters. The highest BCUT2D eigenvalue weighted by Gasteiger charge is 2.14. The van der Waals surface area contributed by atoms with Crippen molar-refractivity contribution >= 4 is 29.1 Å². The van der Waals surface area contributed by atoms with E-state index >= 15 is 0 Å². The van der Waals surface area contributed by atoms with Crippen LogP contribution in [0.4, 0.5) is 0 Å². The van der Waals surface area contributed by atoms with Gasteiger partial charge in [-0.2, -0.15) is 0 Å². The lowest BCUT2D eigenvalue weighted by Crippen LogP contribution is -2.45. The summed E-state index contributed by atoms with van der Waals surface area (Å²) in [5.41, 5.74) is 0.362. The third-order valence-corrected chi connectivity index (χ3v) is 4.09. The van der Waals surface area contributed by atoms with Gasteiger partial charge in [0.15, 0.2) is 0 Å². The van der Waals surface area contributed by atoms with Crippen LogP contribution in [0.25, 0.3) is 0 Å². The number of hydrogen-bond acceptors (Lipinski definition) is 4. The van der Waals surface area contributed by atoms with Crippen LogP contribution in [0.2, 0.25) is 10.3 Å². The molecule has 0 atom stereocenters. The molecule has 1 aliphatic heterocycles. The Kier molecular flexibility index (Phi) is 6.23. The zero-order valence-corrected chi connectivity index (χ0v) is 13.6. The monoisotopic (exact) mass is 330 g/mol. The molecule has 21 heavy (non-hydrogen) atoms. The van der Waals surface area contributed by atoms with E-state index in [0.29, 0.717) is 12.1 Å². The number of carbonyl (C=O) groups is 1. The molecule has 0 aliphatic carbocycles. The average molecular weight is 331 g/mol. The number of nitrogens with zero attached hydrogens (tertiary/aromatic N) is 3. The van der Waals surface area contributed by atoms with E-state index in [4.69, 9.17) is 23.2 Å². The Bertz CT molecular complexity index is 490. The normalized spacial score (nSPS) is 16.9. The van der Waals surface area contributed by atoms with Crippen LogP contribution in [0.1, 0.15) is 16.8 Å². The molecule has 0 aromatic carbocycles. The molecule has 5 nitrogen and oxygen atoms in total. The number of piperazine rings is 1. The fraction of sp³-hybridized carbons (Fsp3) is 0.571. The molecular weight excluding hydrogens is 311 g/mol. The smallest absolute Gasteiger partial charge is 0.254 e. The van der Waals surface area contributed by atoms with Crippen LogP contribution in [0.3, 0.4) is 0 Å². The van der Waals surface area contributed by atoms with E-state index in [0.717, 1.165) is 39.1 Å². The van der Waals surface area contributed by atoms with Gasteiger partial charge >= 0.3 is 0 Å². The zero-order valence-electron chi connectivity index (χ0n) is 12.1. The summed E-state index contributed by atoms with van der Waals surface area (Å²) >= 11 is 11.6. The number of halogens is 2. The quantitative estimate of drug-likeness (QED) is 0.660. The van der Waals surface area contributed by atoms with Crippen LogP contribution in [-0.4, -0.2) is 67.0 Å². The fourth-order valence-corrected chi connectivity index (χ4v) is 2.68. The average Bonchev–Trinajstić information content (AvgIpc) is 2.45. The van der Waals surface area contributed by atoms with Crippen LogP contribution in [0, 0.1) is 0 Å². The largest absolute Gasteiger partial charge is 0.352 e. The van der Waals surface area contributed by atoms with Gasteiger partial charge in [0.05, 0.1) is 5.56 Å². The van der Waals surface area contributed by atoms with E-state index < -0.39 is 0 Å². The SMILES string of the molecule is CN1CCN(CCCNC(=O)c2ccc(Cl)nc2Cl)CC1. The molecule has 0 bridgehead atoms. The summed E-state index contributed by atoms with van der Waals surface area (Å²) in [7, 11) is 2.14. The maximum absolute atomic E-state index is 12.0. The van der Waals surface area contributed by atoms with Crippen molar-refractivity contribution in [2.75, 3.05) is 46.3 Å². The number of aromatic nitrogens is 1. The van der Waals surface area contributed by atoms with Crippen molar-refractivity contribution in [3.8, 4) is 0 Å². The van der Waals surface area contributed by atoms with Gasteiger partial charge in [-0.1, -0.05) is 23.2 Å². The molecule has 1 aromatic heterocycles. The Labute approximate surface area is 135 Å². The standard InChI is InChI=1S/C14H20Cl2N4O/c1-19-7-9-20(10-8-19)6-2-5-17-14(21)11-3-4-12(15)18-13(11)16/h3-4H,2,5-10H2,1H3,(H,17,21). The summed E-state index contributed by atoms with van der Waals surface area (Å²) in [5, 5.41) is 3.29. The van der Waals surface area contributed by atoms with Crippen LogP contribution >= 0.6 is 23.2 Å². The van der Waals surface area contributed by atoms with Gasteiger partial charge in [0.1, 0.15) is 10.3 Å². The minimum Gasteiger partial charge on any atom is -0.352 e. The number of carbonyl (C=O) groups excluding carboxylic acids is 1. The van der Waals surface area contributed by atoms with Gasteiger partial charge in [0.25, 0.3) is 5.91 Å². The highest BCUT2D eigenvalue weighted by Crippen LogP contribution is 2.16. The third kappa shape index (κ3) is 5.11. The van der Waals surface area contributed by atoms with Crippen molar-refractivity contribution in [3.05, 3.63) is 28.0 Å². The first-order valence-corrected chi connectivity index (χ1v) is 7.83. The van der Waals surface area contributed by atoms with E-state index in [1.165, 1.54) is 0 Å². The summed E-state index contributed by atoms with van der Waals surface area (Å²) in [6.07, 6.45) is 0.925. The predicted octanol–water partition coefficient (Wildman–Crippen LogP) is 1.76. The second kappa shape index (κ2) is 7.94. The molecule has 0 radical (unpaired) electrons. The van der Waals surface area contributed by atoms with Crippen LogP contribution in [0.5, 0.6) is 0 Å². The Morgan fingerprint density at radius 2 is 2.00 bits per heavy atom.